The Kier molecular flexibility index (Phi) is 6.84. The number of nitrogens with zero attached hydrogens (tertiary/aromatic N) is 2. The predicted octanol–water partition coefficient (Wildman–Crippen LogP) is 4.37. The molecule has 146 valence electrons. The molecule has 5 nitrogen and oxygen atoms in total. The fourth-order valence-electron chi connectivity index (χ4n) is 3.30. The lowest BCUT2D eigenvalue weighted by Crippen LogP contribution is -2.24. The zero-order valence-corrected chi connectivity index (χ0v) is 16.4. The van der Waals surface area contributed by atoms with Crippen molar-refractivity contribution in [2.24, 2.45) is 0 Å². The van der Waals surface area contributed by atoms with Crippen molar-refractivity contribution in [1.29, 1.82) is 0 Å². The zero-order valence-electron chi connectivity index (χ0n) is 16.4. The Morgan fingerprint density at radius 1 is 1.18 bits per heavy atom. The molecule has 0 aliphatic carbocycles. The maximum absolute atomic E-state index is 12.2. The topological polar surface area (TPSA) is 56.2 Å². The summed E-state index contributed by atoms with van der Waals surface area (Å²) < 4.78 is 7.39. The summed E-state index contributed by atoms with van der Waals surface area (Å²) in [6.07, 6.45) is 5.85. The number of ether oxygens (including phenoxy) is 1. The van der Waals surface area contributed by atoms with E-state index >= 15 is 0 Å². The first-order valence-corrected chi connectivity index (χ1v) is 9.70. The number of carbonyl (C=O) groups is 1. The zero-order chi connectivity index (χ0) is 19.8. The van der Waals surface area contributed by atoms with Gasteiger partial charge in [0, 0.05) is 25.1 Å². The van der Waals surface area contributed by atoms with Gasteiger partial charge >= 0.3 is 0 Å². The van der Waals surface area contributed by atoms with E-state index in [0.717, 1.165) is 49.1 Å². The van der Waals surface area contributed by atoms with Crippen LogP contribution in [0.5, 0.6) is 5.75 Å². The number of rotatable bonds is 10. The maximum atomic E-state index is 12.2. The number of allylic oxidation sites excluding steroid dienone is 1. The van der Waals surface area contributed by atoms with Gasteiger partial charge in [0.15, 0.2) is 0 Å². The highest BCUT2D eigenvalue weighted by Gasteiger charge is 2.09. The van der Waals surface area contributed by atoms with Crippen molar-refractivity contribution in [3.05, 3.63) is 72.6 Å². The van der Waals surface area contributed by atoms with E-state index in [1.54, 1.807) is 19.2 Å². The van der Waals surface area contributed by atoms with Gasteiger partial charge in [-0.15, -0.1) is 6.58 Å². The number of nitrogens with one attached hydrogen (secondary N) is 1. The molecule has 0 fully saturated rings. The van der Waals surface area contributed by atoms with Gasteiger partial charge in [-0.1, -0.05) is 30.7 Å². The number of imidazole rings is 1. The van der Waals surface area contributed by atoms with Crippen molar-refractivity contribution in [1.82, 2.24) is 14.9 Å². The van der Waals surface area contributed by atoms with Crippen LogP contribution in [0.3, 0.4) is 0 Å². The Morgan fingerprint density at radius 2 is 2.04 bits per heavy atom. The summed E-state index contributed by atoms with van der Waals surface area (Å²) in [5, 5.41) is 2.97. The van der Waals surface area contributed by atoms with Gasteiger partial charge < -0.3 is 14.6 Å². The van der Waals surface area contributed by atoms with Gasteiger partial charge in [0.2, 0.25) is 0 Å². The summed E-state index contributed by atoms with van der Waals surface area (Å²) in [7, 11) is 1.60. The highest BCUT2D eigenvalue weighted by Crippen LogP contribution is 2.18. The normalized spacial score (nSPS) is 10.8. The second-order valence-electron chi connectivity index (χ2n) is 6.71. The van der Waals surface area contributed by atoms with E-state index in [2.05, 4.69) is 22.5 Å². The second-order valence-corrected chi connectivity index (χ2v) is 6.71. The second kappa shape index (κ2) is 9.74. The molecule has 0 aliphatic heterocycles. The first-order valence-electron chi connectivity index (χ1n) is 9.70. The van der Waals surface area contributed by atoms with Gasteiger partial charge in [0.25, 0.3) is 5.91 Å². The molecule has 0 saturated carbocycles. The third-order valence-corrected chi connectivity index (χ3v) is 4.74. The van der Waals surface area contributed by atoms with Gasteiger partial charge in [-0.25, -0.2) is 4.98 Å². The molecule has 0 spiro atoms. The minimum atomic E-state index is -0.0633. The monoisotopic (exact) mass is 377 g/mol. The van der Waals surface area contributed by atoms with Crippen LogP contribution in [-0.2, 0) is 13.0 Å². The molecule has 1 heterocycles. The van der Waals surface area contributed by atoms with Crippen LogP contribution in [0.1, 0.15) is 35.4 Å². The van der Waals surface area contributed by atoms with Crippen molar-refractivity contribution < 1.29 is 9.53 Å². The number of hydrogen-bond donors (Lipinski definition) is 1. The molecular weight excluding hydrogens is 350 g/mol. The molecular formula is C23H27N3O2. The number of aryl methyl sites for hydroxylation is 1. The number of aromatic nitrogens is 2. The molecule has 3 rings (SSSR count). The van der Waals surface area contributed by atoms with Crippen LogP contribution in [0.4, 0.5) is 0 Å². The largest absolute Gasteiger partial charge is 0.497 e. The standard InChI is InChI=1S/C23H27N3O2/c1-3-16-26-21-13-7-6-12-20(21)25-22(26)14-5-4-8-15-24-23(27)18-10-9-11-19(17-18)28-2/h3,6-7,9-13,17H,1,4-5,8,14-16H2,2H3,(H,24,27). The van der Waals surface area contributed by atoms with Crippen LogP contribution in [0.15, 0.2) is 61.2 Å². The van der Waals surface area contributed by atoms with E-state index in [1.165, 1.54) is 0 Å². The number of amides is 1. The lowest BCUT2D eigenvalue weighted by Gasteiger charge is -2.08. The van der Waals surface area contributed by atoms with Gasteiger partial charge in [0.1, 0.15) is 11.6 Å². The Hall–Kier alpha value is -3.08. The van der Waals surface area contributed by atoms with Crippen molar-refractivity contribution in [3.63, 3.8) is 0 Å². The Balaban J connectivity index is 1.45. The highest BCUT2D eigenvalue weighted by molar-refractivity contribution is 5.94. The minimum Gasteiger partial charge on any atom is -0.497 e. The van der Waals surface area contributed by atoms with E-state index in [9.17, 15) is 4.79 Å². The summed E-state index contributed by atoms with van der Waals surface area (Å²) in [5.74, 6) is 1.73. The van der Waals surface area contributed by atoms with Crippen molar-refractivity contribution >= 4 is 16.9 Å². The fraction of sp³-hybridized carbons (Fsp3) is 0.304. The average molecular weight is 377 g/mol. The summed E-state index contributed by atoms with van der Waals surface area (Å²) in [6, 6.07) is 15.4. The Bertz CT molecular complexity index is 946. The molecule has 1 N–H and O–H groups in total. The average Bonchev–Trinajstić information content (AvgIpc) is 3.08. The Morgan fingerprint density at radius 3 is 2.86 bits per heavy atom. The van der Waals surface area contributed by atoms with Crippen LogP contribution in [0.2, 0.25) is 0 Å². The van der Waals surface area contributed by atoms with Crippen molar-refractivity contribution in [2.75, 3.05) is 13.7 Å². The van der Waals surface area contributed by atoms with Gasteiger partial charge in [0.05, 0.1) is 18.1 Å². The number of hydrogen-bond acceptors (Lipinski definition) is 3. The number of para-hydroxylation sites is 2. The molecule has 0 atom stereocenters. The van der Waals surface area contributed by atoms with E-state index in [-0.39, 0.29) is 5.91 Å². The van der Waals surface area contributed by atoms with Crippen molar-refractivity contribution in [2.45, 2.75) is 32.2 Å². The Labute approximate surface area is 166 Å². The van der Waals surface area contributed by atoms with E-state index in [1.807, 2.05) is 36.4 Å². The molecule has 0 bridgehead atoms. The van der Waals surface area contributed by atoms with Crippen LogP contribution >= 0.6 is 0 Å². The molecule has 1 aromatic heterocycles. The molecule has 0 aliphatic rings. The number of benzene rings is 2. The van der Waals surface area contributed by atoms with Crippen LogP contribution in [-0.4, -0.2) is 29.1 Å². The molecule has 5 heteroatoms. The minimum absolute atomic E-state index is 0.0633. The van der Waals surface area contributed by atoms with E-state index < -0.39 is 0 Å². The molecule has 0 saturated heterocycles. The van der Waals surface area contributed by atoms with Gasteiger partial charge in [-0.3, -0.25) is 4.79 Å². The number of fused-ring (bicyclic) bond motifs is 1. The summed E-state index contributed by atoms with van der Waals surface area (Å²) in [5.41, 5.74) is 2.81. The molecule has 1 amide bonds. The quantitative estimate of drug-likeness (QED) is 0.421. The van der Waals surface area contributed by atoms with Gasteiger partial charge in [-0.05, 0) is 43.2 Å². The highest BCUT2D eigenvalue weighted by atomic mass is 16.5. The number of methoxy groups -OCH3 is 1. The fourth-order valence-corrected chi connectivity index (χ4v) is 3.30. The van der Waals surface area contributed by atoms with Crippen LogP contribution < -0.4 is 10.1 Å². The number of unbranched alkanes of at least 4 members (excludes halogenated alkanes) is 2. The smallest absolute Gasteiger partial charge is 0.251 e. The first kappa shape index (κ1) is 19.7. The molecule has 2 aromatic carbocycles. The van der Waals surface area contributed by atoms with Crippen LogP contribution in [0, 0.1) is 0 Å². The predicted molar refractivity (Wildman–Crippen MR) is 113 cm³/mol. The summed E-state index contributed by atoms with van der Waals surface area (Å²) >= 11 is 0. The lowest BCUT2D eigenvalue weighted by atomic mass is 10.1. The van der Waals surface area contributed by atoms with Gasteiger partial charge in [-0.2, -0.15) is 0 Å². The molecule has 0 unspecified atom stereocenters. The summed E-state index contributed by atoms with van der Waals surface area (Å²) in [6.45, 7) is 5.30. The van der Waals surface area contributed by atoms with Crippen molar-refractivity contribution in [3.8, 4) is 5.75 Å². The number of carbonyl (C=O) groups excluding carboxylic acids is 1. The van der Waals surface area contributed by atoms with E-state index in [4.69, 9.17) is 9.72 Å². The SMILES string of the molecule is C=CCn1c(CCCCCNC(=O)c2cccc(OC)c2)nc2ccccc21. The molecule has 28 heavy (non-hydrogen) atoms. The molecule has 3 aromatic rings. The first-order chi connectivity index (χ1) is 13.7. The lowest BCUT2D eigenvalue weighted by molar-refractivity contribution is 0.0952. The summed E-state index contributed by atoms with van der Waals surface area (Å²) in [4.78, 5) is 17.0. The molecule has 0 radical (unpaired) electrons. The van der Waals surface area contributed by atoms with Crippen LogP contribution in [0.25, 0.3) is 11.0 Å². The third-order valence-electron chi connectivity index (χ3n) is 4.74. The third kappa shape index (κ3) is 4.80. The maximum Gasteiger partial charge on any atom is 0.251 e. The van der Waals surface area contributed by atoms with E-state index in [0.29, 0.717) is 17.9 Å².